The van der Waals surface area contributed by atoms with E-state index < -0.39 is 103 Å². The smallest absolute Gasteiger partial charge is 0.338 e. The predicted molar refractivity (Wildman–Crippen MR) is 232 cm³/mol. The van der Waals surface area contributed by atoms with Crippen molar-refractivity contribution < 1.29 is 73.1 Å². The van der Waals surface area contributed by atoms with Gasteiger partial charge in [0.1, 0.15) is 48.3 Å². The maximum absolute atomic E-state index is 13.9. The van der Waals surface area contributed by atoms with E-state index in [1.54, 1.807) is 63.3 Å². The number of hydrogen-bond donors (Lipinski definition) is 7. The number of rotatable bonds is 18. The van der Waals surface area contributed by atoms with Gasteiger partial charge in [0.25, 0.3) is 0 Å². The number of hydrogen-bond acceptors (Lipinski definition) is 15. The summed E-state index contributed by atoms with van der Waals surface area (Å²) < 4.78 is 36.0. The van der Waals surface area contributed by atoms with Crippen molar-refractivity contribution in [3.05, 3.63) is 125 Å². The first-order valence-corrected chi connectivity index (χ1v) is 21.6. The van der Waals surface area contributed by atoms with E-state index in [1.807, 2.05) is 60.7 Å². The molecule has 2 saturated heterocycles. The van der Waals surface area contributed by atoms with Gasteiger partial charge in [-0.15, -0.1) is 0 Å². The first-order valence-electron chi connectivity index (χ1n) is 21.6. The second kappa shape index (κ2) is 22.2. The molecule has 3 aromatic carbocycles. The molecule has 17 heteroatoms. The molecular formula is C48H58N2O15. The Balaban J connectivity index is 1.14. The van der Waals surface area contributed by atoms with Gasteiger partial charge in [-0.25, -0.2) is 4.79 Å². The highest BCUT2D eigenvalue weighted by Gasteiger charge is 2.55. The van der Waals surface area contributed by atoms with Crippen LogP contribution in [0.5, 0.6) is 0 Å². The van der Waals surface area contributed by atoms with Crippen molar-refractivity contribution in [3.63, 3.8) is 0 Å². The third kappa shape index (κ3) is 12.7. The third-order valence-electron chi connectivity index (χ3n) is 10.9. The Kier molecular flexibility index (Phi) is 16.8. The van der Waals surface area contributed by atoms with Crippen molar-refractivity contribution in [1.82, 2.24) is 10.6 Å². The SMILES string of the molecule is CC(C)(C)OC(=O)CC[C@@H](CO)NC(=O)CCNC(=O)C1=C[C@H]2OC(c3ccccc3)(c3ccccc3)O[C@H]2[C@H](OC(=O)c2cccc(C=CCO[C@H]3O[C@H](CO)[C@H](O)[C@H](O)[C@H]3O)c2)C1. The topological polar surface area (TPSA) is 249 Å². The fourth-order valence-corrected chi connectivity index (χ4v) is 7.70. The van der Waals surface area contributed by atoms with Crippen LogP contribution >= 0.6 is 0 Å². The predicted octanol–water partition coefficient (Wildman–Crippen LogP) is 2.16. The molecule has 6 rings (SSSR count). The lowest BCUT2D eigenvalue weighted by molar-refractivity contribution is -0.298. The van der Waals surface area contributed by atoms with Gasteiger partial charge in [0.2, 0.25) is 17.6 Å². The molecule has 3 aromatic rings. The Labute approximate surface area is 376 Å². The molecule has 17 nitrogen and oxygen atoms in total. The molecule has 0 unspecified atom stereocenters. The summed E-state index contributed by atoms with van der Waals surface area (Å²) in [5, 5.41) is 55.1. The molecule has 9 atom stereocenters. The van der Waals surface area contributed by atoms with Crippen molar-refractivity contribution >= 4 is 29.8 Å². The Hall–Kier alpha value is -5.34. The minimum Gasteiger partial charge on any atom is -0.460 e. The van der Waals surface area contributed by atoms with Gasteiger partial charge < -0.3 is 64.6 Å². The van der Waals surface area contributed by atoms with Crippen LogP contribution in [-0.4, -0.2) is 136 Å². The van der Waals surface area contributed by atoms with Gasteiger partial charge in [0.05, 0.1) is 31.4 Å². The second-order valence-electron chi connectivity index (χ2n) is 17.0. The van der Waals surface area contributed by atoms with Gasteiger partial charge in [-0.05, 0) is 51.0 Å². The molecule has 2 fully saturated rings. The zero-order chi connectivity index (χ0) is 46.7. The van der Waals surface area contributed by atoms with E-state index in [1.165, 1.54) is 0 Å². The van der Waals surface area contributed by atoms with Crippen molar-refractivity contribution in [3.8, 4) is 0 Å². The van der Waals surface area contributed by atoms with Gasteiger partial charge in [0.15, 0.2) is 6.29 Å². The van der Waals surface area contributed by atoms with Gasteiger partial charge >= 0.3 is 11.9 Å². The molecule has 65 heavy (non-hydrogen) atoms. The highest BCUT2D eigenvalue weighted by molar-refractivity contribution is 5.94. The lowest BCUT2D eigenvalue weighted by Gasteiger charge is -2.39. The van der Waals surface area contributed by atoms with E-state index in [0.29, 0.717) is 16.7 Å². The molecule has 0 spiro atoms. The van der Waals surface area contributed by atoms with Gasteiger partial charge in [-0.2, -0.15) is 0 Å². The fourth-order valence-electron chi connectivity index (χ4n) is 7.70. The normalized spacial score (nSPS) is 25.5. The standard InChI is InChI=1S/C48H58N2O15/c1-47(2,3)64-39(54)20-19-34(27-51)50-38(53)21-22-49-44(58)31-25-35(43-36(26-31)63-48(65-43,32-15-6-4-7-16-32)33-17-8-5-9-18-33)61-45(59)30-14-10-12-29(24-30)13-11-23-60-46-42(57)41(56)40(55)37(28-52)62-46/h4-18,24,26,34-37,40-43,46,51-52,55-57H,19-23,25,27-28H2,1-3H3,(H,49,58)(H,50,53)/t34-,35+,36+,37+,40-,41-,42+,43-,46-/m0/s1. The van der Waals surface area contributed by atoms with Crippen molar-refractivity contribution in [1.29, 1.82) is 0 Å². The summed E-state index contributed by atoms with van der Waals surface area (Å²) in [7, 11) is 0. The molecule has 2 aliphatic heterocycles. The number of esters is 2. The number of nitrogens with one attached hydrogen (secondary N) is 2. The summed E-state index contributed by atoms with van der Waals surface area (Å²) in [6, 6.07) is 24.4. The number of fused-ring (bicyclic) bond motifs is 1. The summed E-state index contributed by atoms with van der Waals surface area (Å²) in [4.78, 5) is 52.7. The third-order valence-corrected chi connectivity index (χ3v) is 10.9. The summed E-state index contributed by atoms with van der Waals surface area (Å²) in [6.07, 6.45) is -4.94. The van der Waals surface area contributed by atoms with E-state index >= 15 is 0 Å². The molecule has 2 heterocycles. The number of benzene rings is 3. The first kappa shape index (κ1) is 49.1. The van der Waals surface area contributed by atoms with Crippen LogP contribution in [0.15, 0.2) is 103 Å². The lowest BCUT2D eigenvalue weighted by Crippen LogP contribution is -2.59. The first-order chi connectivity index (χ1) is 31.1. The van der Waals surface area contributed by atoms with Gasteiger partial charge in [-0.3, -0.25) is 14.4 Å². The zero-order valence-corrected chi connectivity index (χ0v) is 36.5. The monoisotopic (exact) mass is 902 g/mol. The molecule has 3 aliphatic rings. The van der Waals surface area contributed by atoms with E-state index in [2.05, 4.69) is 10.6 Å². The fraction of sp³-hybridized carbons (Fsp3) is 0.458. The van der Waals surface area contributed by atoms with E-state index in [4.69, 9.17) is 28.4 Å². The van der Waals surface area contributed by atoms with E-state index in [0.717, 1.165) is 0 Å². The Morgan fingerprint density at radius 3 is 2.22 bits per heavy atom. The number of carbonyl (C=O) groups is 4. The number of aliphatic hydroxyl groups is 5. The number of aliphatic hydroxyl groups excluding tert-OH is 5. The van der Waals surface area contributed by atoms with Crippen LogP contribution in [0.25, 0.3) is 6.08 Å². The van der Waals surface area contributed by atoms with Crippen LogP contribution in [0, 0.1) is 0 Å². The van der Waals surface area contributed by atoms with Crippen LogP contribution in [0.4, 0.5) is 0 Å². The number of ether oxygens (including phenoxy) is 6. The zero-order valence-electron chi connectivity index (χ0n) is 36.5. The summed E-state index contributed by atoms with van der Waals surface area (Å²) in [5.41, 5.74) is 1.71. The molecule has 0 saturated carbocycles. The molecular weight excluding hydrogens is 845 g/mol. The van der Waals surface area contributed by atoms with Crippen LogP contribution in [0.2, 0.25) is 0 Å². The van der Waals surface area contributed by atoms with Crippen LogP contribution < -0.4 is 10.6 Å². The summed E-state index contributed by atoms with van der Waals surface area (Å²) in [6.45, 7) is 4.11. The quantitative estimate of drug-likeness (QED) is 0.0905. The average Bonchev–Trinajstić information content (AvgIpc) is 3.70. The maximum atomic E-state index is 13.9. The van der Waals surface area contributed by atoms with Crippen LogP contribution in [0.3, 0.4) is 0 Å². The largest absolute Gasteiger partial charge is 0.460 e. The van der Waals surface area contributed by atoms with Gasteiger partial charge in [0, 0.05) is 42.5 Å². The number of carbonyl (C=O) groups excluding carboxylic acids is 4. The molecule has 1 aliphatic carbocycles. The minimum absolute atomic E-state index is 0.00174. The Bertz CT molecular complexity index is 2100. The van der Waals surface area contributed by atoms with Crippen LogP contribution in [0.1, 0.15) is 73.5 Å². The highest BCUT2D eigenvalue weighted by Crippen LogP contribution is 2.47. The molecule has 0 aromatic heterocycles. The van der Waals surface area contributed by atoms with Crippen molar-refractivity contribution in [2.45, 2.75) is 113 Å². The van der Waals surface area contributed by atoms with Crippen LogP contribution in [-0.2, 0) is 48.6 Å². The molecule has 2 amide bonds. The molecule has 0 bridgehead atoms. The van der Waals surface area contributed by atoms with E-state index in [-0.39, 0.29) is 50.0 Å². The minimum atomic E-state index is -1.58. The summed E-state index contributed by atoms with van der Waals surface area (Å²) in [5.74, 6) is -3.55. The van der Waals surface area contributed by atoms with Crippen molar-refractivity contribution in [2.24, 2.45) is 0 Å². The highest BCUT2D eigenvalue weighted by atomic mass is 16.8. The number of amides is 2. The van der Waals surface area contributed by atoms with E-state index in [9.17, 15) is 44.7 Å². The Morgan fingerprint density at radius 2 is 1.57 bits per heavy atom. The van der Waals surface area contributed by atoms with Gasteiger partial charge in [-0.1, -0.05) is 84.9 Å². The lowest BCUT2D eigenvalue weighted by atomic mass is 9.91. The van der Waals surface area contributed by atoms with Crippen molar-refractivity contribution in [2.75, 3.05) is 26.4 Å². The Morgan fingerprint density at radius 1 is 0.877 bits per heavy atom. The second-order valence-corrected chi connectivity index (χ2v) is 17.0. The molecule has 7 N–H and O–H groups in total. The summed E-state index contributed by atoms with van der Waals surface area (Å²) >= 11 is 0. The molecule has 350 valence electrons. The molecule has 0 radical (unpaired) electrons. The average molecular weight is 903 g/mol. The maximum Gasteiger partial charge on any atom is 0.338 e.